The van der Waals surface area contributed by atoms with Crippen LogP contribution in [0.1, 0.15) is 44.6 Å². The highest BCUT2D eigenvalue weighted by molar-refractivity contribution is 5.64. The average molecular weight is 203 g/mol. The highest BCUT2D eigenvalue weighted by atomic mass is 14.7. The van der Waals surface area contributed by atoms with Crippen molar-refractivity contribution >= 4 is 11.9 Å². The van der Waals surface area contributed by atoms with Gasteiger partial charge in [0.25, 0.3) is 0 Å². The van der Waals surface area contributed by atoms with Crippen molar-refractivity contribution in [2.24, 2.45) is 4.99 Å². The first kappa shape index (κ1) is 12.0. The topological polar surface area (TPSA) is 12.4 Å². The zero-order chi connectivity index (χ0) is 10.9. The van der Waals surface area contributed by atoms with Gasteiger partial charge in [-0.3, -0.25) is 4.99 Å². The summed E-state index contributed by atoms with van der Waals surface area (Å²) in [4.78, 5) is 4.48. The first-order valence-electron chi connectivity index (χ1n) is 5.92. The highest BCUT2D eigenvalue weighted by Gasteiger charge is 1.91. The van der Waals surface area contributed by atoms with Gasteiger partial charge in [-0.25, -0.2) is 0 Å². The maximum absolute atomic E-state index is 4.48. The molecule has 15 heavy (non-hydrogen) atoms. The summed E-state index contributed by atoms with van der Waals surface area (Å²) >= 11 is 0. The maximum Gasteiger partial charge on any atom is 0.0654 e. The standard InChI is InChI=1S/C14H21N/c1-3-4-5-6-9-12-15-14-11-8-7-10-13(14)2/h7-8,10-12H,3-6,9H2,1-2H3. The Kier molecular flexibility index (Phi) is 5.76. The Morgan fingerprint density at radius 1 is 1.13 bits per heavy atom. The molecule has 0 spiro atoms. The molecule has 0 saturated heterocycles. The first-order chi connectivity index (χ1) is 7.34. The minimum Gasteiger partial charge on any atom is -0.261 e. The van der Waals surface area contributed by atoms with Crippen molar-refractivity contribution in [2.45, 2.75) is 46.0 Å². The molecule has 1 aromatic carbocycles. The lowest BCUT2D eigenvalue weighted by Crippen LogP contribution is -1.79. The number of hydrogen-bond donors (Lipinski definition) is 0. The van der Waals surface area contributed by atoms with Gasteiger partial charge in [0.05, 0.1) is 5.69 Å². The Bertz CT molecular complexity index is 302. The van der Waals surface area contributed by atoms with E-state index in [-0.39, 0.29) is 0 Å². The summed E-state index contributed by atoms with van der Waals surface area (Å²) < 4.78 is 0. The molecule has 0 atom stereocenters. The third-order valence-electron chi connectivity index (χ3n) is 2.53. The van der Waals surface area contributed by atoms with Crippen molar-refractivity contribution in [3.05, 3.63) is 29.8 Å². The van der Waals surface area contributed by atoms with Crippen LogP contribution in [-0.2, 0) is 0 Å². The van der Waals surface area contributed by atoms with Gasteiger partial charge in [0.2, 0.25) is 0 Å². The highest BCUT2D eigenvalue weighted by Crippen LogP contribution is 2.16. The summed E-state index contributed by atoms with van der Waals surface area (Å²) in [6.07, 6.45) is 8.40. The fourth-order valence-electron chi connectivity index (χ4n) is 1.53. The SMILES string of the molecule is CCCCCCC=Nc1ccccc1C. The van der Waals surface area contributed by atoms with Crippen LogP contribution in [0.15, 0.2) is 29.3 Å². The van der Waals surface area contributed by atoms with E-state index in [1.54, 1.807) is 0 Å². The number of rotatable bonds is 6. The van der Waals surface area contributed by atoms with Crippen molar-refractivity contribution < 1.29 is 0 Å². The van der Waals surface area contributed by atoms with Crippen LogP contribution in [0.4, 0.5) is 5.69 Å². The Morgan fingerprint density at radius 2 is 1.93 bits per heavy atom. The van der Waals surface area contributed by atoms with E-state index < -0.39 is 0 Å². The van der Waals surface area contributed by atoms with Crippen LogP contribution >= 0.6 is 0 Å². The van der Waals surface area contributed by atoms with Crippen molar-refractivity contribution in [3.8, 4) is 0 Å². The van der Waals surface area contributed by atoms with E-state index in [4.69, 9.17) is 0 Å². The van der Waals surface area contributed by atoms with Crippen LogP contribution < -0.4 is 0 Å². The second-order valence-corrected chi connectivity index (χ2v) is 3.95. The van der Waals surface area contributed by atoms with Crippen LogP contribution in [0.3, 0.4) is 0 Å². The zero-order valence-electron chi connectivity index (χ0n) is 9.87. The Hall–Kier alpha value is -1.11. The molecule has 0 radical (unpaired) electrons. The summed E-state index contributed by atoms with van der Waals surface area (Å²) in [5.74, 6) is 0. The smallest absolute Gasteiger partial charge is 0.0654 e. The number of para-hydroxylation sites is 1. The molecule has 1 heteroatoms. The Labute approximate surface area is 93.2 Å². The lowest BCUT2D eigenvalue weighted by Gasteiger charge is -1.98. The van der Waals surface area contributed by atoms with Crippen LogP contribution in [0.25, 0.3) is 0 Å². The summed E-state index contributed by atoms with van der Waals surface area (Å²) in [5, 5.41) is 0. The van der Waals surface area contributed by atoms with Crippen molar-refractivity contribution in [1.29, 1.82) is 0 Å². The van der Waals surface area contributed by atoms with E-state index in [1.807, 2.05) is 6.07 Å². The summed E-state index contributed by atoms with van der Waals surface area (Å²) in [6.45, 7) is 4.34. The van der Waals surface area contributed by atoms with E-state index in [0.29, 0.717) is 0 Å². The summed E-state index contributed by atoms with van der Waals surface area (Å²) in [6, 6.07) is 8.26. The second-order valence-electron chi connectivity index (χ2n) is 3.95. The molecular weight excluding hydrogens is 182 g/mol. The first-order valence-corrected chi connectivity index (χ1v) is 5.92. The van der Waals surface area contributed by atoms with Gasteiger partial charge in [0.1, 0.15) is 0 Å². The number of benzene rings is 1. The van der Waals surface area contributed by atoms with Gasteiger partial charge in [0.15, 0.2) is 0 Å². The average Bonchev–Trinajstić information content (AvgIpc) is 2.25. The molecule has 0 unspecified atom stereocenters. The molecule has 0 aliphatic heterocycles. The molecule has 1 nitrogen and oxygen atoms in total. The van der Waals surface area contributed by atoms with E-state index in [2.05, 4.69) is 43.3 Å². The van der Waals surface area contributed by atoms with Gasteiger partial charge in [0, 0.05) is 6.21 Å². The van der Waals surface area contributed by atoms with E-state index >= 15 is 0 Å². The van der Waals surface area contributed by atoms with Gasteiger partial charge in [-0.15, -0.1) is 0 Å². The minimum atomic E-state index is 1.10. The normalized spacial score (nSPS) is 11.1. The third-order valence-corrected chi connectivity index (χ3v) is 2.53. The van der Waals surface area contributed by atoms with Gasteiger partial charge >= 0.3 is 0 Å². The fourth-order valence-corrected chi connectivity index (χ4v) is 1.53. The molecule has 0 aliphatic carbocycles. The Morgan fingerprint density at radius 3 is 2.67 bits per heavy atom. The molecule has 0 fully saturated rings. The number of aliphatic imine (C=N–C) groups is 1. The fraction of sp³-hybridized carbons (Fsp3) is 0.500. The molecule has 0 aliphatic rings. The zero-order valence-corrected chi connectivity index (χ0v) is 9.87. The van der Waals surface area contributed by atoms with Gasteiger partial charge < -0.3 is 0 Å². The number of hydrogen-bond acceptors (Lipinski definition) is 1. The Balaban J connectivity index is 2.29. The molecule has 0 aromatic heterocycles. The van der Waals surface area contributed by atoms with E-state index in [9.17, 15) is 0 Å². The minimum absolute atomic E-state index is 1.10. The lowest BCUT2D eigenvalue weighted by atomic mass is 10.2. The summed E-state index contributed by atoms with van der Waals surface area (Å²) in [7, 11) is 0. The molecule has 0 saturated carbocycles. The third kappa shape index (κ3) is 4.78. The second kappa shape index (κ2) is 7.22. The quantitative estimate of drug-likeness (QED) is 0.470. The molecule has 0 N–H and O–H groups in total. The number of nitrogens with zero attached hydrogens (tertiary/aromatic N) is 1. The van der Waals surface area contributed by atoms with Crippen molar-refractivity contribution in [1.82, 2.24) is 0 Å². The maximum atomic E-state index is 4.48. The molecule has 1 aromatic rings. The predicted octanol–water partition coefficient (Wildman–Crippen LogP) is 4.67. The van der Waals surface area contributed by atoms with Crippen LogP contribution in [0.5, 0.6) is 0 Å². The van der Waals surface area contributed by atoms with Gasteiger partial charge in [-0.2, -0.15) is 0 Å². The van der Waals surface area contributed by atoms with Crippen LogP contribution in [-0.4, -0.2) is 6.21 Å². The predicted molar refractivity (Wildman–Crippen MR) is 68.1 cm³/mol. The van der Waals surface area contributed by atoms with Gasteiger partial charge in [-0.05, 0) is 31.4 Å². The molecule has 1 rings (SSSR count). The number of aryl methyl sites for hydroxylation is 1. The number of unbranched alkanes of at least 4 members (excludes halogenated alkanes) is 4. The van der Waals surface area contributed by atoms with Crippen molar-refractivity contribution in [3.63, 3.8) is 0 Å². The lowest BCUT2D eigenvalue weighted by molar-refractivity contribution is 0.685. The van der Waals surface area contributed by atoms with Crippen LogP contribution in [0.2, 0.25) is 0 Å². The molecule has 0 amide bonds. The molecule has 0 heterocycles. The van der Waals surface area contributed by atoms with E-state index in [0.717, 1.165) is 12.1 Å². The molecular formula is C14H21N. The van der Waals surface area contributed by atoms with Crippen molar-refractivity contribution in [2.75, 3.05) is 0 Å². The van der Waals surface area contributed by atoms with Gasteiger partial charge in [-0.1, -0.05) is 44.4 Å². The van der Waals surface area contributed by atoms with E-state index in [1.165, 1.54) is 31.2 Å². The molecule has 0 bridgehead atoms. The summed E-state index contributed by atoms with van der Waals surface area (Å²) in [5.41, 5.74) is 2.36. The monoisotopic (exact) mass is 203 g/mol. The largest absolute Gasteiger partial charge is 0.261 e. The van der Waals surface area contributed by atoms with Crippen LogP contribution in [0, 0.1) is 6.92 Å². The molecule has 82 valence electrons.